The number of carbonyl (C=O) groups excluding carboxylic acids is 1. The van der Waals surface area contributed by atoms with Crippen LogP contribution in [0.4, 0.5) is 5.69 Å². The Balaban J connectivity index is 1.51. The molecule has 1 aromatic heterocycles. The highest BCUT2D eigenvalue weighted by Crippen LogP contribution is 2.38. The van der Waals surface area contributed by atoms with Gasteiger partial charge in [-0.3, -0.25) is 4.79 Å². The number of rotatable bonds is 4. The molecule has 1 aromatic rings. The number of amides is 1. The maximum atomic E-state index is 11.8. The molecule has 6 heteroatoms. The Kier molecular flexibility index (Phi) is 4.54. The first-order valence-corrected chi connectivity index (χ1v) is 10.1. The maximum absolute atomic E-state index is 11.8. The average Bonchev–Trinajstić information content (AvgIpc) is 3.20. The number of thiophene rings is 1. The maximum Gasteiger partial charge on any atom is 0.348 e. The average molecular weight is 360 g/mol. The monoisotopic (exact) mass is 360 g/mol. The Bertz CT molecular complexity index is 724. The summed E-state index contributed by atoms with van der Waals surface area (Å²) in [5.41, 5.74) is 2.05. The van der Waals surface area contributed by atoms with Gasteiger partial charge in [0.15, 0.2) is 0 Å². The van der Waals surface area contributed by atoms with Gasteiger partial charge in [0.2, 0.25) is 5.91 Å². The summed E-state index contributed by atoms with van der Waals surface area (Å²) >= 11 is 1.39. The number of aromatic carboxylic acids is 1. The molecule has 1 amide bonds. The van der Waals surface area contributed by atoms with Gasteiger partial charge in [-0.15, -0.1) is 11.3 Å². The van der Waals surface area contributed by atoms with Crippen molar-refractivity contribution < 1.29 is 14.7 Å². The third-order valence-corrected chi connectivity index (χ3v) is 6.82. The molecular weight excluding hydrogens is 336 g/mol. The Morgan fingerprint density at radius 1 is 1.28 bits per heavy atom. The number of anilines is 1. The molecule has 5 nitrogen and oxygen atoms in total. The van der Waals surface area contributed by atoms with Crippen LogP contribution in [-0.4, -0.2) is 40.5 Å². The Morgan fingerprint density at radius 2 is 2.16 bits per heavy atom. The van der Waals surface area contributed by atoms with Crippen molar-refractivity contribution in [1.29, 1.82) is 0 Å². The second kappa shape index (κ2) is 6.83. The highest BCUT2D eigenvalue weighted by atomic mass is 32.1. The first kappa shape index (κ1) is 16.6. The summed E-state index contributed by atoms with van der Waals surface area (Å²) in [5, 5.41) is 13.1. The highest BCUT2D eigenvalue weighted by Gasteiger charge is 2.36. The molecule has 2 unspecified atom stereocenters. The number of carbonyl (C=O) groups is 2. The number of carboxylic acids is 1. The van der Waals surface area contributed by atoms with E-state index in [1.807, 2.05) is 11.0 Å². The zero-order valence-electron chi connectivity index (χ0n) is 14.3. The van der Waals surface area contributed by atoms with Crippen LogP contribution in [-0.2, 0) is 4.79 Å². The first-order chi connectivity index (χ1) is 12.1. The minimum absolute atomic E-state index is 0.244. The van der Waals surface area contributed by atoms with Gasteiger partial charge >= 0.3 is 5.97 Å². The third-order valence-electron chi connectivity index (χ3n) is 5.62. The van der Waals surface area contributed by atoms with E-state index in [1.165, 1.54) is 29.8 Å². The number of piperidine rings is 1. The smallest absolute Gasteiger partial charge is 0.348 e. The van der Waals surface area contributed by atoms with Gasteiger partial charge in [-0.1, -0.05) is 6.08 Å². The van der Waals surface area contributed by atoms with Crippen LogP contribution in [0.15, 0.2) is 12.1 Å². The number of hydrogen-bond donors (Lipinski definition) is 2. The number of fused-ring (bicyclic) bond motifs is 1. The van der Waals surface area contributed by atoms with Crippen LogP contribution < -0.4 is 5.32 Å². The molecule has 2 saturated heterocycles. The SMILES string of the molecule is O=C(O)c1sc(C2=CCCCC2)cc1NC1CCN2C(=O)CCC2C1. The zero-order valence-corrected chi connectivity index (χ0v) is 15.1. The van der Waals surface area contributed by atoms with Gasteiger partial charge in [-0.2, -0.15) is 0 Å². The molecule has 0 bridgehead atoms. The van der Waals surface area contributed by atoms with E-state index < -0.39 is 5.97 Å². The summed E-state index contributed by atoms with van der Waals surface area (Å²) in [4.78, 5) is 27.0. The summed E-state index contributed by atoms with van der Waals surface area (Å²) in [7, 11) is 0. The van der Waals surface area contributed by atoms with Crippen LogP contribution in [0, 0.1) is 0 Å². The predicted molar refractivity (Wildman–Crippen MR) is 99.1 cm³/mol. The number of nitrogens with one attached hydrogen (secondary N) is 1. The lowest BCUT2D eigenvalue weighted by Gasteiger charge is -2.35. The summed E-state index contributed by atoms with van der Waals surface area (Å²) in [6, 6.07) is 2.59. The first-order valence-electron chi connectivity index (χ1n) is 9.24. The van der Waals surface area contributed by atoms with Gasteiger partial charge in [0.25, 0.3) is 0 Å². The van der Waals surface area contributed by atoms with Crippen molar-refractivity contribution in [2.24, 2.45) is 0 Å². The van der Waals surface area contributed by atoms with Crippen LogP contribution in [0.1, 0.15) is 65.9 Å². The summed E-state index contributed by atoms with van der Waals surface area (Å²) < 4.78 is 0. The van der Waals surface area contributed by atoms with E-state index in [4.69, 9.17) is 0 Å². The highest BCUT2D eigenvalue weighted by molar-refractivity contribution is 7.15. The van der Waals surface area contributed by atoms with E-state index in [2.05, 4.69) is 11.4 Å². The van der Waals surface area contributed by atoms with Crippen LogP contribution in [0.3, 0.4) is 0 Å². The van der Waals surface area contributed by atoms with Gasteiger partial charge in [0, 0.05) is 29.9 Å². The van der Waals surface area contributed by atoms with E-state index >= 15 is 0 Å². The van der Waals surface area contributed by atoms with Crippen LogP contribution in [0.2, 0.25) is 0 Å². The van der Waals surface area contributed by atoms with Gasteiger partial charge in [-0.25, -0.2) is 4.79 Å². The molecule has 2 N–H and O–H groups in total. The molecule has 4 rings (SSSR count). The lowest BCUT2D eigenvalue weighted by atomic mass is 9.97. The van der Waals surface area contributed by atoms with Gasteiger partial charge < -0.3 is 15.3 Å². The zero-order chi connectivity index (χ0) is 17.4. The molecule has 2 atom stereocenters. The molecule has 1 aliphatic carbocycles. The van der Waals surface area contributed by atoms with Crippen LogP contribution >= 0.6 is 11.3 Å². The molecule has 0 aromatic carbocycles. The molecule has 3 aliphatic rings. The molecule has 25 heavy (non-hydrogen) atoms. The quantitative estimate of drug-likeness (QED) is 0.852. The van der Waals surface area contributed by atoms with Crippen molar-refractivity contribution in [2.75, 3.05) is 11.9 Å². The van der Waals surface area contributed by atoms with Crippen LogP contribution in [0.25, 0.3) is 5.57 Å². The molecule has 0 radical (unpaired) electrons. The van der Waals surface area contributed by atoms with Gasteiger partial charge in [0.05, 0.1) is 5.69 Å². The molecule has 2 fully saturated rings. The summed E-state index contributed by atoms with van der Waals surface area (Å²) in [6.45, 7) is 0.783. The number of carboxylic acid groups (broad SMARTS) is 1. The fraction of sp³-hybridized carbons (Fsp3) is 0.579. The van der Waals surface area contributed by atoms with E-state index in [0.29, 0.717) is 17.3 Å². The largest absolute Gasteiger partial charge is 0.477 e. The minimum Gasteiger partial charge on any atom is -0.477 e. The standard InChI is InChI=1S/C19H24N2O3S/c22-17-7-6-14-10-13(8-9-21(14)17)20-15-11-16(25-18(15)19(23)24)12-4-2-1-3-5-12/h4,11,13-14,20H,1-3,5-10H2,(H,23,24). The van der Waals surface area contributed by atoms with Crippen molar-refractivity contribution in [2.45, 2.75) is 63.5 Å². The summed E-state index contributed by atoms with van der Waals surface area (Å²) in [6.07, 6.45) is 10.2. The van der Waals surface area contributed by atoms with Crippen molar-refractivity contribution in [3.05, 3.63) is 21.9 Å². The lowest BCUT2D eigenvalue weighted by Crippen LogP contribution is -2.44. The molecule has 0 spiro atoms. The molecule has 2 aliphatic heterocycles. The third kappa shape index (κ3) is 3.32. The van der Waals surface area contributed by atoms with E-state index in [9.17, 15) is 14.7 Å². The summed E-state index contributed by atoms with van der Waals surface area (Å²) in [5.74, 6) is -0.583. The van der Waals surface area contributed by atoms with Gasteiger partial charge in [0.1, 0.15) is 4.88 Å². The molecule has 134 valence electrons. The van der Waals surface area contributed by atoms with E-state index in [-0.39, 0.29) is 11.9 Å². The van der Waals surface area contributed by atoms with Crippen molar-refractivity contribution >= 4 is 34.5 Å². The van der Waals surface area contributed by atoms with E-state index in [1.54, 1.807) is 0 Å². The topological polar surface area (TPSA) is 69.6 Å². The van der Waals surface area contributed by atoms with E-state index in [0.717, 1.165) is 49.2 Å². The van der Waals surface area contributed by atoms with Crippen molar-refractivity contribution in [3.8, 4) is 0 Å². The fourth-order valence-corrected chi connectivity index (χ4v) is 5.34. The predicted octanol–water partition coefficient (Wildman–Crippen LogP) is 3.97. The second-order valence-corrected chi connectivity index (χ2v) is 8.33. The normalized spacial score (nSPS) is 26.3. The lowest BCUT2D eigenvalue weighted by molar-refractivity contribution is -0.129. The number of allylic oxidation sites excluding steroid dienone is 2. The number of hydrogen-bond acceptors (Lipinski definition) is 4. The van der Waals surface area contributed by atoms with Crippen molar-refractivity contribution in [3.63, 3.8) is 0 Å². The molecule has 3 heterocycles. The van der Waals surface area contributed by atoms with Gasteiger partial charge in [-0.05, 0) is 56.6 Å². The van der Waals surface area contributed by atoms with Crippen molar-refractivity contribution in [1.82, 2.24) is 4.90 Å². The molecular formula is C19H24N2O3S. The second-order valence-electron chi connectivity index (χ2n) is 7.28. The Labute approximate surface area is 151 Å². The van der Waals surface area contributed by atoms with Crippen LogP contribution in [0.5, 0.6) is 0 Å². The Morgan fingerprint density at radius 3 is 2.92 bits per heavy atom. The fourth-order valence-electron chi connectivity index (χ4n) is 4.32. The number of nitrogens with zero attached hydrogens (tertiary/aromatic N) is 1. The Hall–Kier alpha value is -1.82. The molecule has 0 saturated carbocycles. The minimum atomic E-state index is -0.858.